The van der Waals surface area contributed by atoms with Crippen LogP contribution in [0.1, 0.15) is 6.23 Å². The van der Waals surface area contributed by atoms with Crippen LogP contribution in [0.5, 0.6) is 0 Å². The van der Waals surface area contributed by atoms with Crippen LogP contribution in [0.3, 0.4) is 0 Å². The number of ether oxygens (including phenoxy) is 2. The molecule has 25 heteroatoms. The minimum atomic E-state index is -5.83. The summed E-state index contributed by atoms with van der Waals surface area (Å²) in [6.45, 7) is -1.13. The summed E-state index contributed by atoms with van der Waals surface area (Å²) < 4.78 is 57.7. The van der Waals surface area contributed by atoms with Crippen LogP contribution in [0.25, 0.3) is 11.2 Å². The van der Waals surface area contributed by atoms with Crippen LogP contribution in [0.15, 0.2) is 15.9 Å². The standard InChI is InChI=1S/C13H21N6O16P3/c14-1-2-15-13(23)33-8-5(3-31-37(27,28)35-38(29,30)34-36(24,25)26)32-11(7(8)20)19-4-16-6-9(19)17-12(22)18-10(6)21/h4-5,7-8,11,20H,1-3,14H2,(H,15,23)(H,27,28)(H,29,30)(H2,24,25,26)(H2,17,18,21,22)/t5-,7-,8-,11-/m1/s1. The largest absolute Gasteiger partial charge is 0.490 e. The van der Waals surface area contributed by atoms with Gasteiger partial charge in [-0.2, -0.15) is 8.62 Å². The normalized spacial score (nSPS) is 25.1. The maximum Gasteiger partial charge on any atom is 0.490 e. The van der Waals surface area contributed by atoms with E-state index in [2.05, 4.69) is 28.4 Å². The molecule has 1 amide bonds. The predicted molar refractivity (Wildman–Crippen MR) is 118 cm³/mol. The predicted octanol–water partition coefficient (Wildman–Crippen LogP) is -2.93. The van der Waals surface area contributed by atoms with Crippen LogP contribution in [-0.4, -0.2) is 88.3 Å². The lowest BCUT2D eigenvalue weighted by molar-refractivity contribution is -0.0508. The molecule has 3 rings (SSSR count). The minimum Gasteiger partial charge on any atom is -0.440 e. The van der Waals surface area contributed by atoms with Gasteiger partial charge in [0.25, 0.3) is 5.56 Å². The van der Waals surface area contributed by atoms with E-state index < -0.39 is 72.0 Å². The van der Waals surface area contributed by atoms with E-state index >= 15 is 0 Å². The van der Waals surface area contributed by atoms with Gasteiger partial charge < -0.3 is 45.2 Å². The average molecular weight is 610 g/mol. The molecule has 2 unspecified atom stereocenters. The van der Waals surface area contributed by atoms with Gasteiger partial charge in [-0.3, -0.25) is 23.9 Å². The monoisotopic (exact) mass is 610 g/mol. The van der Waals surface area contributed by atoms with Gasteiger partial charge in [0.1, 0.15) is 17.9 Å². The Balaban J connectivity index is 1.85. The number of aliphatic hydroxyl groups is 1. The lowest BCUT2D eigenvalue weighted by Crippen LogP contribution is -2.42. The molecule has 38 heavy (non-hydrogen) atoms. The molecule has 0 bridgehead atoms. The zero-order valence-corrected chi connectivity index (χ0v) is 21.2. The van der Waals surface area contributed by atoms with Crippen molar-refractivity contribution in [2.24, 2.45) is 5.73 Å². The van der Waals surface area contributed by atoms with Crippen LogP contribution in [-0.2, 0) is 36.3 Å². The fourth-order valence-corrected chi connectivity index (χ4v) is 6.21. The number of rotatable bonds is 11. The molecule has 2 aromatic heterocycles. The van der Waals surface area contributed by atoms with E-state index in [0.717, 1.165) is 10.9 Å². The lowest BCUT2D eigenvalue weighted by atomic mass is 10.1. The summed E-state index contributed by atoms with van der Waals surface area (Å²) in [5, 5.41) is 13.0. The van der Waals surface area contributed by atoms with Gasteiger partial charge in [0.05, 0.1) is 12.9 Å². The number of amides is 1. The summed E-state index contributed by atoms with van der Waals surface area (Å²) in [6, 6.07) is 0. The second-order valence-corrected chi connectivity index (χ2v) is 11.7. The number of hydrogen-bond donors (Lipinski definition) is 9. The molecule has 1 saturated heterocycles. The number of imidazole rings is 1. The number of aromatic amines is 2. The highest BCUT2D eigenvalue weighted by molar-refractivity contribution is 7.66. The summed E-state index contributed by atoms with van der Waals surface area (Å²) in [4.78, 5) is 79.9. The highest BCUT2D eigenvalue weighted by Gasteiger charge is 2.49. The Hall–Kier alpha value is -2.29. The molecule has 0 radical (unpaired) electrons. The molecule has 6 atom stereocenters. The Morgan fingerprint density at radius 3 is 2.47 bits per heavy atom. The van der Waals surface area contributed by atoms with Crippen LogP contribution in [0.2, 0.25) is 0 Å². The molecule has 10 N–H and O–H groups in total. The molecular formula is C13H21N6O16P3. The van der Waals surface area contributed by atoms with E-state index in [1.165, 1.54) is 0 Å². The van der Waals surface area contributed by atoms with Crippen molar-refractivity contribution >= 4 is 40.7 Å². The van der Waals surface area contributed by atoms with Crippen molar-refractivity contribution < 1.29 is 65.8 Å². The Morgan fingerprint density at radius 1 is 1.16 bits per heavy atom. The Labute approximate surface area is 209 Å². The molecule has 1 aliphatic rings. The Kier molecular flexibility index (Phi) is 9.11. The summed E-state index contributed by atoms with van der Waals surface area (Å²) in [5.74, 6) is 0. The Morgan fingerprint density at radius 2 is 1.84 bits per heavy atom. The van der Waals surface area contributed by atoms with Crippen LogP contribution in [0.4, 0.5) is 4.79 Å². The summed E-state index contributed by atoms with van der Waals surface area (Å²) >= 11 is 0. The molecule has 1 aliphatic heterocycles. The number of H-pyrrole nitrogens is 2. The number of phosphoric ester groups is 1. The molecule has 1 fully saturated rings. The van der Waals surface area contributed by atoms with Crippen molar-refractivity contribution in [3.63, 3.8) is 0 Å². The smallest absolute Gasteiger partial charge is 0.440 e. The highest BCUT2D eigenvalue weighted by atomic mass is 31.3. The molecular weight excluding hydrogens is 589 g/mol. The molecule has 22 nitrogen and oxygen atoms in total. The number of nitrogens with zero attached hydrogens (tertiary/aromatic N) is 2. The second-order valence-electron chi connectivity index (χ2n) is 7.29. The van der Waals surface area contributed by atoms with E-state index in [1.807, 2.05) is 4.98 Å². The number of phosphoric acid groups is 3. The third kappa shape index (κ3) is 7.64. The number of aromatic nitrogens is 4. The van der Waals surface area contributed by atoms with Gasteiger partial charge in [-0.25, -0.2) is 28.3 Å². The fourth-order valence-electron chi connectivity index (χ4n) is 3.18. The molecule has 0 spiro atoms. The number of nitrogens with one attached hydrogen (secondary N) is 3. The van der Waals surface area contributed by atoms with Gasteiger partial charge >= 0.3 is 35.3 Å². The second kappa shape index (κ2) is 11.4. The van der Waals surface area contributed by atoms with Crippen molar-refractivity contribution in [1.82, 2.24) is 24.8 Å². The van der Waals surface area contributed by atoms with Gasteiger partial charge in [0.15, 0.2) is 17.8 Å². The van der Waals surface area contributed by atoms with E-state index in [9.17, 15) is 43.0 Å². The first-order valence-electron chi connectivity index (χ1n) is 9.97. The van der Waals surface area contributed by atoms with E-state index in [1.54, 1.807) is 0 Å². The van der Waals surface area contributed by atoms with Crippen molar-refractivity contribution in [3.05, 3.63) is 27.2 Å². The first-order chi connectivity index (χ1) is 17.5. The number of hydrogen-bond acceptors (Lipinski definition) is 14. The number of carbonyl (C=O) groups excluding carboxylic acids is 1. The Bertz CT molecular complexity index is 1430. The SMILES string of the molecule is NCCNC(=O)O[C@H]1[C@@H](O)[C@H](n2cnc3c(=O)[nH]c(=O)[nH]c32)O[C@@H]1COP(=O)(O)OP(=O)(O)OP(=O)(O)O. The third-order valence-electron chi connectivity index (χ3n) is 4.53. The number of aliphatic hydroxyl groups excluding tert-OH is 1. The van der Waals surface area contributed by atoms with Crippen molar-refractivity contribution in [1.29, 1.82) is 0 Å². The molecule has 214 valence electrons. The zero-order valence-electron chi connectivity index (χ0n) is 18.5. The van der Waals surface area contributed by atoms with Crippen molar-refractivity contribution in [2.45, 2.75) is 24.5 Å². The number of nitrogens with two attached hydrogens (primary N) is 1. The molecule has 3 heterocycles. The molecule has 2 aromatic rings. The summed E-state index contributed by atoms with van der Waals surface area (Å²) in [6.07, 6.45) is -6.80. The number of carbonyl (C=O) groups is 1. The van der Waals surface area contributed by atoms with E-state index in [-0.39, 0.29) is 24.3 Å². The zero-order chi connectivity index (χ0) is 28.5. The fraction of sp³-hybridized carbons (Fsp3) is 0.538. The summed E-state index contributed by atoms with van der Waals surface area (Å²) in [7, 11) is -17.1. The van der Waals surface area contributed by atoms with Gasteiger partial charge in [-0.05, 0) is 0 Å². The third-order valence-corrected chi connectivity index (χ3v) is 8.33. The lowest BCUT2D eigenvalue weighted by Gasteiger charge is -2.22. The van der Waals surface area contributed by atoms with Crippen molar-refractivity contribution in [3.8, 4) is 0 Å². The average Bonchev–Trinajstić information content (AvgIpc) is 3.29. The van der Waals surface area contributed by atoms with Gasteiger partial charge in [0.2, 0.25) is 0 Å². The highest BCUT2D eigenvalue weighted by Crippen LogP contribution is 2.66. The number of alkyl carbamates (subject to hydrolysis) is 1. The first-order valence-corrected chi connectivity index (χ1v) is 14.5. The van der Waals surface area contributed by atoms with Crippen LogP contribution in [0, 0.1) is 0 Å². The summed E-state index contributed by atoms with van der Waals surface area (Å²) in [5.41, 5.74) is 2.98. The van der Waals surface area contributed by atoms with Gasteiger partial charge in [-0.1, -0.05) is 0 Å². The molecule has 0 aliphatic carbocycles. The number of fused-ring (bicyclic) bond motifs is 1. The first kappa shape index (κ1) is 30.3. The van der Waals surface area contributed by atoms with Crippen molar-refractivity contribution in [2.75, 3.05) is 19.7 Å². The quantitative estimate of drug-likeness (QED) is 0.115. The van der Waals surface area contributed by atoms with Gasteiger partial charge in [-0.15, -0.1) is 0 Å². The maximum absolute atomic E-state index is 12.1. The van der Waals surface area contributed by atoms with Crippen LogP contribution >= 0.6 is 23.5 Å². The molecule has 0 aromatic carbocycles. The minimum absolute atomic E-state index is 0.0137. The van der Waals surface area contributed by atoms with E-state index in [0.29, 0.717) is 0 Å². The maximum atomic E-state index is 12.1. The molecule has 0 saturated carbocycles. The van der Waals surface area contributed by atoms with Crippen LogP contribution < -0.4 is 22.3 Å². The van der Waals surface area contributed by atoms with E-state index in [4.69, 9.17) is 25.0 Å². The topological polar surface area (TPSA) is 337 Å². The van der Waals surface area contributed by atoms with Gasteiger partial charge in [0, 0.05) is 13.1 Å².